The SMILES string of the molecule is CCN(c1ccc(CNC)c(C)c1)c1ccccc1F. The van der Waals surface area contributed by atoms with Crippen molar-refractivity contribution in [2.75, 3.05) is 18.5 Å². The first-order valence-corrected chi connectivity index (χ1v) is 6.93. The second-order valence-corrected chi connectivity index (χ2v) is 4.84. The molecule has 0 heterocycles. The van der Waals surface area contributed by atoms with Gasteiger partial charge in [0.1, 0.15) is 5.82 Å². The summed E-state index contributed by atoms with van der Waals surface area (Å²) in [5.74, 6) is -0.189. The molecule has 0 aliphatic carbocycles. The molecule has 0 atom stereocenters. The van der Waals surface area contributed by atoms with Crippen molar-refractivity contribution in [3.05, 3.63) is 59.4 Å². The zero-order valence-corrected chi connectivity index (χ0v) is 12.3. The number of anilines is 2. The maximum atomic E-state index is 14.0. The number of rotatable bonds is 5. The first kappa shape index (κ1) is 14.5. The van der Waals surface area contributed by atoms with Crippen LogP contribution in [0.2, 0.25) is 0 Å². The summed E-state index contributed by atoms with van der Waals surface area (Å²) in [7, 11) is 1.94. The minimum atomic E-state index is -0.189. The van der Waals surface area contributed by atoms with Gasteiger partial charge in [-0.2, -0.15) is 0 Å². The Balaban J connectivity index is 2.38. The minimum Gasteiger partial charge on any atom is -0.339 e. The number of aryl methyl sites for hydroxylation is 1. The lowest BCUT2D eigenvalue weighted by molar-refractivity contribution is 0.625. The number of nitrogens with one attached hydrogen (secondary N) is 1. The zero-order chi connectivity index (χ0) is 14.5. The fourth-order valence-electron chi connectivity index (χ4n) is 2.40. The van der Waals surface area contributed by atoms with Crippen LogP contribution in [-0.4, -0.2) is 13.6 Å². The highest BCUT2D eigenvalue weighted by atomic mass is 19.1. The molecule has 0 aliphatic rings. The van der Waals surface area contributed by atoms with Crippen molar-refractivity contribution in [1.82, 2.24) is 5.32 Å². The lowest BCUT2D eigenvalue weighted by atomic mass is 10.1. The van der Waals surface area contributed by atoms with Crippen LogP contribution in [0.3, 0.4) is 0 Å². The number of para-hydroxylation sites is 1. The summed E-state index contributed by atoms with van der Waals surface area (Å²) in [6.45, 7) is 5.69. The minimum absolute atomic E-state index is 0.189. The van der Waals surface area contributed by atoms with E-state index in [1.807, 2.05) is 31.0 Å². The molecule has 2 aromatic carbocycles. The summed E-state index contributed by atoms with van der Waals surface area (Å²) in [6.07, 6.45) is 0. The van der Waals surface area contributed by atoms with E-state index in [0.717, 1.165) is 18.8 Å². The van der Waals surface area contributed by atoms with Crippen LogP contribution >= 0.6 is 0 Å². The highest BCUT2D eigenvalue weighted by Gasteiger charge is 2.12. The van der Waals surface area contributed by atoms with Gasteiger partial charge in [0.25, 0.3) is 0 Å². The molecule has 0 radical (unpaired) electrons. The van der Waals surface area contributed by atoms with Gasteiger partial charge in [-0.05, 0) is 56.3 Å². The average Bonchev–Trinajstić information content (AvgIpc) is 2.45. The summed E-state index contributed by atoms with van der Waals surface area (Å²) in [4.78, 5) is 1.99. The average molecular weight is 272 g/mol. The van der Waals surface area contributed by atoms with Gasteiger partial charge in [-0.1, -0.05) is 18.2 Å². The van der Waals surface area contributed by atoms with Gasteiger partial charge in [-0.3, -0.25) is 0 Å². The largest absolute Gasteiger partial charge is 0.339 e. The molecular formula is C17H21FN2. The molecule has 3 heteroatoms. The third-order valence-electron chi connectivity index (χ3n) is 3.46. The predicted octanol–water partition coefficient (Wildman–Crippen LogP) is 4.01. The van der Waals surface area contributed by atoms with E-state index in [1.165, 1.54) is 17.2 Å². The first-order chi connectivity index (χ1) is 9.67. The van der Waals surface area contributed by atoms with Crippen LogP contribution in [0.5, 0.6) is 0 Å². The quantitative estimate of drug-likeness (QED) is 0.884. The van der Waals surface area contributed by atoms with Crippen LogP contribution in [0.15, 0.2) is 42.5 Å². The Labute approximate surface area is 120 Å². The molecule has 0 aromatic heterocycles. The molecule has 0 saturated carbocycles. The van der Waals surface area contributed by atoms with Crippen molar-refractivity contribution in [2.45, 2.75) is 20.4 Å². The zero-order valence-electron chi connectivity index (χ0n) is 12.3. The van der Waals surface area contributed by atoms with E-state index in [0.29, 0.717) is 5.69 Å². The van der Waals surface area contributed by atoms with Crippen molar-refractivity contribution < 1.29 is 4.39 Å². The molecule has 0 bridgehead atoms. The van der Waals surface area contributed by atoms with E-state index in [9.17, 15) is 4.39 Å². The highest BCUT2D eigenvalue weighted by molar-refractivity contribution is 5.64. The summed E-state index contributed by atoms with van der Waals surface area (Å²) in [5, 5.41) is 3.15. The van der Waals surface area contributed by atoms with Gasteiger partial charge in [0.05, 0.1) is 5.69 Å². The highest BCUT2D eigenvalue weighted by Crippen LogP contribution is 2.28. The second kappa shape index (κ2) is 6.53. The van der Waals surface area contributed by atoms with Crippen LogP contribution in [0.1, 0.15) is 18.1 Å². The molecule has 0 aliphatic heterocycles. The fraction of sp³-hybridized carbons (Fsp3) is 0.294. The van der Waals surface area contributed by atoms with Crippen LogP contribution in [0.4, 0.5) is 15.8 Å². The topological polar surface area (TPSA) is 15.3 Å². The molecule has 0 spiro atoms. The van der Waals surface area contributed by atoms with Gasteiger partial charge in [0.15, 0.2) is 0 Å². The lowest BCUT2D eigenvalue weighted by Crippen LogP contribution is -2.18. The van der Waals surface area contributed by atoms with Crippen LogP contribution in [0, 0.1) is 12.7 Å². The normalized spacial score (nSPS) is 10.6. The molecule has 2 nitrogen and oxygen atoms in total. The second-order valence-electron chi connectivity index (χ2n) is 4.84. The van der Waals surface area contributed by atoms with Crippen molar-refractivity contribution in [3.63, 3.8) is 0 Å². The molecule has 20 heavy (non-hydrogen) atoms. The maximum absolute atomic E-state index is 14.0. The Morgan fingerprint density at radius 3 is 2.50 bits per heavy atom. The van der Waals surface area contributed by atoms with Crippen LogP contribution in [-0.2, 0) is 6.54 Å². The number of hydrogen-bond donors (Lipinski definition) is 1. The van der Waals surface area contributed by atoms with Gasteiger partial charge < -0.3 is 10.2 Å². The van der Waals surface area contributed by atoms with E-state index in [4.69, 9.17) is 0 Å². The molecule has 0 amide bonds. The van der Waals surface area contributed by atoms with Gasteiger partial charge in [0, 0.05) is 18.8 Å². The lowest BCUT2D eigenvalue weighted by Gasteiger charge is -2.24. The third kappa shape index (κ3) is 2.99. The molecule has 0 fully saturated rings. The smallest absolute Gasteiger partial charge is 0.146 e. The summed E-state index contributed by atoms with van der Waals surface area (Å²) < 4.78 is 14.0. The van der Waals surface area contributed by atoms with Crippen molar-refractivity contribution in [3.8, 4) is 0 Å². The summed E-state index contributed by atoms with van der Waals surface area (Å²) >= 11 is 0. The van der Waals surface area contributed by atoms with E-state index < -0.39 is 0 Å². The van der Waals surface area contributed by atoms with Crippen molar-refractivity contribution in [1.29, 1.82) is 0 Å². The molecule has 0 saturated heterocycles. The number of hydrogen-bond acceptors (Lipinski definition) is 2. The predicted molar refractivity (Wildman–Crippen MR) is 83.0 cm³/mol. The first-order valence-electron chi connectivity index (χ1n) is 6.93. The Hall–Kier alpha value is -1.87. The van der Waals surface area contributed by atoms with E-state index in [-0.39, 0.29) is 5.82 Å². The van der Waals surface area contributed by atoms with Crippen LogP contribution in [0.25, 0.3) is 0 Å². The van der Waals surface area contributed by atoms with E-state index >= 15 is 0 Å². The monoisotopic (exact) mass is 272 g/mol. The van der Waals surface area contributed by atoms with Crippen LogP contribution < -0.4 is 10.2 Å². The van der Waals surface area contributed by atoms with E-state index in [1.54, 1.807) is 6.07 Å². The standard InChI is InChI=1S/C17H21FN2/c1-4-20(17-8-6-5-7-16(17)18)15-10-9-14(12-19-3)13(2)11-15/h5-11,19H,4,12H2,1-3H3. The Morgan fingerprint density at radius 2 is 1.90 bits per heavy atom. The molecule has 0 unspecified atom stereocenters. The number of nitrogens with zero attached hydrogens (tertiary/aromatic N) is 1. The summed E-state index contributed by atoms with van der Waals surface area (Å²) in [6, 6.07) is 13.2. The molecule has 1 N–H and O–H groups in total. The third-order valence-corrected chi connectivity index (χ3v) is 3.46. The van der Waals surface area contributed by atoms with Gasteiger partial charge in [0.2, 0.25) is 0 Å². The molecule has 2 aromatic rings. The maximum Gasteiger partial charge on any atom is 0.146 e. The van der Waals surface area contributed by atoms with Crippen molar-refractivity contribution in [2.24, 2.45) is 0 Å². The van der Waals surface area contributed by atoms with Gasteiger partial charge in [-0.15, -0.1) is 0 Å². The Bertz CT molecular complexity index is 581. The fourth-order valence-corrected chi connectivity index (χ4v) is 2.40. The molecule has 106 valence electrons. The Kier molecular flexibility index (Phi) is 4.74. The van der Waals surface area contributed by atoms with E-state index in [2.05, 4.69) is 30.4 Å². The Morgan fingerprint density at radius 1 is 1.15 bits per heavy atom. The number of benzene rings is 2. The van der Waals surface area contributed by atoms with Crippen molar-refractivity contribution >= 4 is 11.4 Å². The molecule has 2 rings (SSSR count). The summed E-state index contributed by atoms with van der Waals surface area (Å²) in [5.41, 5.74) is 4.12. The van der Waals surface area contributed by atoms with Gasteiger partial charge in [-0.25, -0.2) is 4.39 Å². The van der Waals surface area contributed by atoms with Gasteiger partial charge >= 0.3 is 0 Å². The molecular weight excluding hydrogens is 251 g/mol. The number of halogens is 1.